The number of morpholine rings is 1. The van der Waals surface area contributed by atoms with Crippen LogP contribution in [-0.4, -0.2) is 61.0 Å². The molecule has 3 aliphatic rings. The van der Waals surface area contributed by atoms with Crippen molar-refractivity contribution in [3.8, 4) is 0 Å². The fourth-order valence-corrected chi connectivity index (χ4v) is 4.26. The van der Waals surface area contributed by atoms with Gasteiger partial charge in [0, 0.05) is 30.4 Å². The highest BCUT2D eigenvalue weighted by molar-refractivity contribution is 6.09. The zero-order chi connectivity index (χ0) is 22.8. The van der Waals surface area contributed by atoms with Crippen molar-refractivity contribution in [3.05, 3.63) is 23.8 Å². The Kier molecular flexibility index (Phi) is 6.71. The van der Waals surface area contributed by atoms with E-state index in [0.717, 1.165) is 38.2 Å². The Labute approximate surface area is 185 Å². The average Bonchev–Trinajstić information content (AvgIpc) is 3.51. The fourth-order valence-electron chi connectivity index (χ4n) is 4.26. The van der Waals surface area contributed by atoms with Crippen LogP contribution in [0.3, 0.4) is 0 Å². The highest BCUT2D eigenvalue weighted by atomic mass is 19.3. The first-order valence-corrected chi connectivity index (χ1v) is 11.0. The number of carbonyl (C=O) groups is 3. The summed E-state index contributed by atoms with van der Waals surface area (Å²) in [4.78, 5) is 40.5. The molecule has 8 nitrogen and oxygen atoms in total. The number of benzene rings is 1. The molecule has 3 amide bonds. The van der Waals surface area contributed by atoms with Crippen LogP contribution in [0, 0.1) is 5.92 Å². The molecule has 0 bridgehead atoms. The highest BCUT2D eigenvalue weighted by Gasteiger charge is 2.41. The monoisotopic (exact) mass is 450 g/mol. The number of alkyl halides is 2. The van der Waals surface area contributed by atoms with Crippen molar-refractivity contribution in [1.29, 1.82) is 0 Å². The molecule has 1 aliphatic heterocycles. The maximum Gasteiger partial charge on any atom is 0.265 e. The second kappa shape index (κ2) is 9.50. The number of primary amides is 1. The van der Waals surface area contributed by atoms with Crippen LogP contribution in [0.15, 0.2) is 18.2 Å². The molecule has 2 aliphatic carbocycles. The third kappa shape index (κ3) is 4.91. The van der Waals surface area contributed by atoms with Gasteiger partial charge in [-0.25, -0.2) is 8.78 Å². The average molecular weight is 450 g/mol. The van der Waals surface area contributed by atoms with Gasteiger partial charge in [0.15, 0.2) is 6.04 Å². The van der Waals surface area contributed by atoms with Gasteiger partial charge in [0.2, 0.25) is 5.91 Å². The Bertz CT molecular complexity index is 889. The van der Waals surface area contributed by atoms with Crippen LogP contribution < -0.4 is 16.0 Å². The van der Waals surface area contributed by atoms with Crippen molar-refractivity contribution >= 4 is 29.1 Å². The summed E-state index contributed by atoms with van der Waals surface area (Å²) in [7, 11) is 0. The molecule has 0 aromatic heterocycles. The van der Waals surface area contributed by atoms with Gasteiger partial charge in [-0.1, -0.05) is 6.42 Å². The van der Waals surface area contributed by atoms with E-state index in [2.05, 4.69) is 5.32 Å². The first-order chi connectivity index (χ1) is 15.3. The number of ether oxygens (including phenoxy) is 1. The second-order valence-electron chi connectivity index (χ2n) is 8.69. The molecule has 0 unspecified atom stereocenters. The third-order valence-corrected chi connectivity index (χ3v) is 6.37. The minimum Gasteiger partial charge on any atom is -0.370 e. The molecule has 1 aromatic carbocycles. The quantitative estimate of drug-likeness (QED) is 0.561. The molecule has 1 saturated heterocycles. The zero-order valence-corrected chi connectivity index (χ0v) is 17.8. The van der Waals surface area contributed by atoms with Crippen LogP contribution in [0.25, 0.3) is 0 Å². The summed E-state index contributed by atoms with van der Waals surface area (Å²) in [6.45, 7) is 0.891. The Morgan fingerprint density at radius 1 is 1.25 bits per heavy atom. The molecular weight excluding hydrogens is 422 g/mol. The van der Waals surface area contributed by atoms with E-state index in [-0.39, 0.29) is 42.7 Å². The number of rotatable bonds is 9. The van der Waals surface area contributed by atoms with Gasteiger partial charge < -0.3 is 20.7 Å². The van der Waals surface area contributed by atoms with E-state index in [9.17, 15) is 23.2 Å². The molecule has 3 N–H and O–H groups in total. The minimum absolute atomic E-state index is 0.0857. The van der Waals surface area contributed by atoms with Crippen LogP contribution >= 0.6 is 0 Å². The summed E-state index contributed by atoms with van der Waals surface area (Å²) in [6.07, 6.45) is 2.12. The molecule has 1 aromatic rings. The van der Waals surface area contributed by atoms with Crippen molar-refractivity contribution in [2.24, 2.45) is 11.7 Å². The summed E-state index contributed by atoms with van der Waals surface area (Å²) in [5.41, 5.74) is 5.44. The van der Waals surface area contributed by atoms with Crippen LogP contribution in [0.2, 0.25) is 0 Å². The van der Waals surface area contributed by atoms with E-state index in [1.807, 2.05) is 4.90 Å². The maximum absolute atomic E-state index is 13.8. The second-order valence-corrected chi connectivity index (χ2v) is 8.69. The number of nitrogens with two attached hydrogens (primary N) is 1. The molecule has 2 saturated carbocycles. The zero-order valence-electron chi connectivity index (χ0n) is 17.8. The number of carbonyl (C=O) groups excluding carboxylic acids is 3. The Balaban J connectivity index is 1.54. The van der Waals surface area contributed by atoms with Crippen LogP contribution in [0.4, 0.5) is 20.2 Å². The van der Waals surface area contributed by atoms with E-state index in [1.54, 1.807) is 0 Å². The van der Waals surface area contributed by atoms with Crippen molar-refractivity contribution < 1.29 is 27.9 Å². The summed E-state index contributed by atoms with van der Waals surface area (Å²) >= 11 is 0. The molecular formula is C22H28F2N4O4. The summed E-state index contributed by atoms with van der Waals surface area (Å²) in [6, 6.07) is 2.96. The van der Waals surface area contributed by atoms with Crippen LogP contribution in [0.5, 0.6) is 0 Å². The number of halogens is 2. The largest absolute Gasteiger partial charge is 0.370 e. The molecule has 10 heteroatoms. The van der Waals surface area contributed by atoms with Gasteiger partial charge in [-0.15, -0.1) is 0 Å². The lowest BCUT2D eigenvalue weighted by atomic mass is 9.89. The van der Waals surface area contributed by atoms with Crippen molar-refractivity contribution in [1.82, 2.24) is 4.90 Å². The molecule has 3 fully saturated rings. The van der Waals surface area contributed by atoms with Gasteiger partial charge in [-0.05, 0) is 49.8 Å². The molecule has 174 valence electrons. The maximum atomic E-state index is 13.8. The Hall–Kier alpha value is -2.59. The van der Waals surface area contributed by atoms with E-state index >= 15 is 0 Å². The van der Waals surface area contributed by atoms with Crippen molar-refractivity contribution in [2.75, 3.05) is 36.5 Å². The lowest BCUT2D eigenvalue weighted by Crippen LogP contribution is -2.57. The predicted octanol–water partition coefficient (Wildman–Crippen LogP) is 2.04. The van der Waals surface area contributed by atoms with Gasteiger partial charge in [-0.3, -0.25) is 19.3 Å². The number of nitrogens with one attached hydrogen (secondary N) is 1. The summed E-state index contributed by atoms with van der Waals surface area (Å²) in [5, 5.41) is 2.59. The van der Waals surface area contributed by atoms with E-state index in [0.29, 0.717) is 12.5 Å². The normalized spacial score (nSPS) is 20.4. The third-order valence-electron chi connectivity index (χ3n) is 6.37. The van der Waals surface area contributed by atoms with Crippen molar-refractivity contribution in [2.45, 2.75) is 50.6 Å². The van der Waals surface area contributed by atoms with Gasteiger partial charge in [0.05, 0.1) is 12.3 Å². The lowest BCUT2D eigenvalue weighted by Gasteiger charge is -2.40. The van der Waals surface area contributed by atoms with Gasteiger partial charge in [0.25, 0.3) is 18.2 Å². The first-order valence-electron chi connectivity index (χ1n) is 11.0. The Morgan fingerprint density at radius 2 is 2.00 bits per heavy atom. The molecule has 0 radical (unpaired) electrons. The topological polar surface area (TPSA) is 105 Å². The number of hydrogen-bond acceptors (Lipinski definition) is 5. The van der Waals surface area contributed by atoms with E-state index < -0.39 is 30.2 Å². The van der Waals surface area contributed by atoms with Gasteiger partial charge in [-0.2, -0.15) is 0 Å². The van der Waals surface area contributed by atoms with Crippen molar-refractivity contribution in [3.63, 3.8) is 0 Å². The highest BCUT2D eigenvalue weighted by Crippen LogP contribution is 2.36. The first kappa shape index (κ1) is 22.6. The molecule has 0 spiro atoms. The summed E-state index contributed by atoms with van der Waals surface area (Å²) < 4.78 is 32.6. The van der Waals surface area contributed by atoms with Gasteiger partial charge >= 0.3 is 0 Å². The minimum atomic E-state index is -2.86. The van der Waals surface area contributed by atoms with E-state index in [1.165, 1.54) is 17.0 Å². The molecule has 1 heterocycles. The van der Waals surface area contributed by atoms with E-state index in [4.69, 9.17) is 10.5 Å². The van der Waals surface area contributed by atoms with Crippen LogP contribution in [-0.2, 0) is 19.1 Å². The van der Waals surface area contributed by atoms with Gasteiger partial charge in [0.1, 0.15) is 6.61 Å². The number of nitrogens with zero attached hydrogens (tertiary/aromatic N) is 2. The number of hydrogen-bond donors (Lipinski definition) is 2. The lowest BCUT2D eigenvalue weighted by molar-refractivity contribution is -0.135. The number of amides is 3. The Morgan fingerprint density at radius 3 is 2.56 bits per heavy atom. The SMILES string of the molecule is NC(=O)[C@@H](C(=O)Nc1ccc(N2CCOCC2=O)c(C(F)F)c1)N(CC1CC1)C1CCC1. The smallest absolute Gasteiger partial charge is 0.265 e. The summed E-state index contributed by atoms with van der Waals surface area (Å²) in [5.74, 6) is -1.32. The molecule has 1 atom stereocenters. The standard InChI is InChI=1S/C22H28F2N4O4/c23-20(24)16-10-14(6-7-17(16)27-8-9-32-12-18(27)29)26-22(31)19(21(25)30)28(11-13-4-5-13)15-2-1-3-15/h6-7,10,13,15,19-20H,1-5,8-9,11-12H2,(H2,25,30)(H,26,31)/t19-/m0/s1. The molecule has 4 rings (SSSR count). The fraction of sp³-hybridized carbons (Fsp3) is 0.591. The molecule has 32 heavy (non-hydrogen) atoms. The van der Waals surface area contributed by atoms with Crippen LogP contribution in [0.1, 0.15) is 44.1 Å². The number of anilines is 2. The predicted molar refractivity (Wildman–Crippen MR) is 113 cm³/mol.